The number of aromatic nitrogens is 3. The van der Waals surface area contributed by atoms with Crippen molar-refractivity contribution in [3.05, 3.63) is 54.2 Å². The van der Waals surface area contributed by atoms with Gasteiger partial charge >= 0.3 is 23.9 Å². The van der Waals surface area contributed by atoms with Gasteiger partial charge < -0.3 is 95.4 Å². The molecule has 3 rings (SSSR count). The molecule has 0 aliphatic rings. The SMILES string of the molecule is CSCC[C@@H](NC(=O)[C@H](CC(C)C)NC(=O)[C@H](Cc1cnc[nH]1)NC(=O)CNC(=O)[C@@H](NC(=O)[C@H](C)NC(=O)[C@H](Cc1c[nH]c2ccccc12)NC(=O)[C@H](CCC(N)=O)NC(=O)[C@@H](N)CCCCNC(=O)CN(CCN(CCN(CC(=O)O)CC(=O)O)CC(=O)O)CC(=O)O)C(C)C)C(N)=O. The van der Waals surface area contributed by atoms with Gasteiger partial charge in [0, 0.05) is 81.0 Å². The number of fused-ring (bicyclic) bond motifs is 1. The second kappa shape index (κ2) is 44.4. The van der Waals surface area contributed by atoms with Crippen LogP contribution in [0.5, 0.6) is 0 Å². The summed E-state index contributed by atoms with van der Waals surface area (Å²) >= 11 is 1.45. The van der Waals surface area contributed by atoms with Crippen LogP contribution < -0.4 is 65.1 Å². The summed E-state index contributed by atoms with van der Waals surface area (Å²) in [7, 11) is 0. The minimum atomic E-state index is -1.50. The standard InChI is InChI=1S/C63H98N18O19S/c1-35(2)23-45(61(98)74-43(56(66)93)16-22-101-6)76-62(99)47(25-39-27-67-34-71-39)73-49(83)28-70-63(100)55(36(3)4)78-57(94)37(5)72-60(97)46(24-38-26-69-42-13-8-7-11-40(38)42)77-59(96)44(14-15-48(65)82)75-58(95)41(64)12-9-10-17-68-50(84)29-80(31-52(87)88)20-18-79(30-51(85)86)19-21-81(32-53(89)90)33-54(91)92/h7-8,11,13,26-27,34-37,41,43-47,55,69H,9-10,12,14-25,28-33,64H2,1-6H3,(H2,65,82)(H2,66,93)(H,67,71)(H,68,84)(H,70,100)(H,72,97)(H,73,83)(H,74,98)(H,75,95)(H,76,99)(H,77,96)(H,78,94)(H,85,86)(H,87,88)(H,89,90)(H,91,92)/t37-,41-,43+,44-,45-,46-,47-,55-/m0/s1. The van der Waals surface area contributed by atoms with Gasteiger partial charge in [-0.2, -0.15) is 11.8 Å². The molecule has 2 aromatic heterocycles. The molecule has 0 aliphatic carbocycles. The van der Waals surface area contributed by atoms with E-state index in [2.05, 4.69) is 62.8 Å². The Morgan fingerprint density at radius 3 is 1.67 bits per heavy atom. The summed E-state index contributed by atoms with van der Waals surface area (Å²) in [6.07, 6.45) is 6.05. The second-order valence-corrected chi connectivity index (χ2v) is 25.9. The van der Waals surface area contributed by atoms with Gasteiger partial charge in [0.15, 0.2) is 0 Å². The number of hydrogen-bond donors (Lipinski definition) is 18. The third-order valence-corrected chi connectivity index (χ3v) is 16.2. The minimum Gasteiger partial charge on any atom is -0.480 e. The third-order valence-electron chi connectivity index (χ3n) is 15.6. The Labute approximate surface area is 587 Å². The van der Waals surface area contributed by atoms with Crippen molar-refractivity contribution in [1.82, 2.24) is 77.5 Å². The van der Waals surface area contributed by atoms with Gasteiger partial charge in [0.05, 0.1) is 51.6 Å². The summed E-state index contributed by atoms with van der Waals surface area (Å²) in [6.45, 7) is 4.16. The number of unbranched alkanes of at least 4 members (excludes halogenated alkanes) is 1. The second-order valence-electron chi connectivity index (χ2n) is 24.9. The Morgan fingerprint density at radius 1 is 0.554 bits per heavy atom. The number of hydrogen-bond acceptors (Lipinski definition) is 21. The molecule has 2 heterocycles. The number of aromatic amines is 2. The van der Waals surface area contributed by atoms with E-state index in [-0.39, 0.29) is 90.0 Å². The zero-order valence-electron chi connectivity index (χ0n) is 57.5. The molecule has 21 N–H and O–H groups in total. The van der Waals surface area contributed by atoms with Crippen LogP contribution in [0.1, 0.15) is 90.8 Å². The van der Waals surface area contributed by atoms with E-state index in [0.29, 0.717) is 27.9 Å². The number of aliphatic carboxylic acids is 4. The number of carbonyl (C=O) groups excluding carboxylic acids is 11. The van der Waals surface area contributed by atoms with E-state index in [1.165, 1.54) is 41.0 Å². The summed E-state index contributed by atoms with van der Waals surface area (Å²) < 4.78 is 0. The zero-order chi connectivity index (χ0) is 75.5. The summed E-state index contributed by atoms with van der Waals surface area (Å²) in [4.78, 5) is 208. The monoisotopic (exact) mass is 1440 g/mol. The number of nitrogens with two attached hydrogens (primary N) is 3. The van der Waals surface area contributed by atoms with Crippen LogP contribution in [-0.4, -0.2) is 271 Å². The van der Waals surface area contributed by atoms with Gasteiger partial charge in [0.25, 0.3) is 0 Å². The van der Waals surface area contributed by atoms with Crippen molar-refractivity contribution in [2.45, 2.75) is 141 Å². The van der Waals surface area contributed by atoms with Crippen LogP contribution in [0, 0.1) is 11.8 Å². The summed E-state index contributed by atoms with van der Waals surface area (Å²) in [5.41, 5.74) is 18.9. The average Bonchev–Trinajstić information content (AvgIpc) is 1.71. The van der Waals surface area contributed by atoms with Crippen LogP contribution in [0.15, 0.2) is 43.0 Å². The number of nitrogens with one attached hydrogen (secondary N) is 11. The van der Waals surface area contributed by atoms with E-state index in [9.17, 15) is 82.1 Å². The molecule has 0 unspecified atom stereocenters. The predicted octanol–water partition coefficient (Wildman–Crippen LogP) is -4.73. The van der Waals surface area contributed by atoms with Crippen LogP contribution in [0.4, 0.5) is 0 Å². The highest BCUT2D eigenvalue weighted by molar-refractivity contribution is 7.98. The van der Waals surface area contributed by atoms with E-state index in [1.54, 1.807) is 44.3 Å². The topological polar surface area (TPSA) is 577 Å². The zero-order valence-corrected chi connectivity index (χ0v) is 58.3. The summed E-state index contributed by atoms with van der Waals surface area (Å²) in [6, 6.07) is -3.34. The number of carbonyl (C=O) groups is 15. The van der Waals surface area contributed by atoms with E-state index >= 15 is 0 Å². The first-order valence-corrected chi connectivity index (χ1v) is 34.1. The Bertz CT molecular complexity index is 3280. The van der Waals surface area contributed by atoms with Crippen LogP contribution in [-0.2, 0) is 84.8 Å². The van der Waals surface area contributed by atoms with E-state index in [0.717, 1.165) is 4.90 Å². The van der Waals surface area contributed by atoms with Crippen molar-refractivity contribution in [2.24, 2.45) is 29.0 Å². The molecule has 8 atom stereocenters. The first-order chi connectivity index (χ1) is 47.6. The number of carboxylic acids is 4. The number of imidazole rings is 1. The number of para-hydroxylation sites is 1. The third kappa shape index (κ3) is 33.3. The van der Waals surface area contributed by atoms with Crippen molar-refractivity contribution in [3.8, 4) is 0 Å². The highest BCUT2D eigenvalue weighted by Gasteiger charge is 2.35. The van der Waals surface area contributed by atoms with Crippen LogP contribution in [0.3, 0.4) is 0 Å². The number of primary amides is 2. The van der Waals surface area contributed by atoms with Gasteiger partial charge in [-0.15, -0.1) is 0 Å². The lowest BCUT2D eigenvalue weighted by atomic mass is 10.0. The van der Waals surface area contributed by atoms with Gasteiger partial charge in [0.1, 0.15) is 42.3 Å². The lowest BCUT2D eigenvalue weighted by Crippen LogP contribution is -2.59. The fourth-order valence-electron chi connectivity index (χ4n) is 10.3. The minimum absolute atomic E-state index is 0.00582. The number of nitrogens with zero attached hydrogens (tertiary/aromatic N) is 4. The lowest BCUT2D eigenvalue weighted by molar-refractivity contribution is -0.143. The van der Waals surface area contributed by atoms with Gasteiger partial charge in [-0.05, 0) is 80.9 Å². The maximum absolute atomic E-state index is 14.4. The Morgan fingerprint density at radius 2 is 1.10 bits per heavy atom. The van der Waals surface area contributed by atoms with E-state index in [1.807, 2.05) is 20.1 Å². The smallest absolute Gasteiger partial charge is 0.317 e. The van der Waals surface area contributed by atoms with Crippen LogP contribution in [0.2, 0.25) is 0 Å². The highest BCUT2D eigenvalue weighted by Crippen LogP contribution is 2.20. The molecule has 11 amide bonds. The van der Waals surface area contributed by atoms with Gasteiger partial charge in [0.2, 0.25) is 65.0 Å². The molecule has 0 bridgehead atoms. The maximum Gasteiger partial charge on any atom is 0.317 e. The fraction of sp³-hybridized carbons (Fsp3) is 0.587. The average molecular weight is 1440 g/mol. The number of carboxylic acid groups (broad SMARTS) is 4. The molecule has 0 saturated carbocycles. The summed E-state index contributed by atoms with van der Waals surface area (Å²) in [5, 5.41) is 61.3. The number of amides is 11. The maximum atomic E-state index is 14.4. The Hall–Kier alpha value is -9.79. The molecular weight excluding hydrogens is 1340 g/mol. The van der Waals surface area contributed by atoms with Gasteiger partial charge in [-0.3, -0.25) is 86.6 Å². The van der Waals surface area contributed by atoms with Crippen molar-refractivity contribution in [2.75, 3.05) is 84.0 Å². The number of benzene rings is 1. The van der Waals surface area contributed by atoms with Crippen molar-refractivity contribution >= 4 is 112 Å². The van der Waals surface area contributed by atoms with Crippen molar-refractivity contribution in [1.29, 1.82) is 0 Å². The Balaban J connectivity index is 1.69. The quantitative estimate of drug-likeness (QED) is 0.0236. The predicted molar refractivity (Wildman–Crippen MR) is 366 cm³/mol. The fourth-order valence-corrected chi connectivity index (χ4v) is 10.8. The van der Waals surface area contributed by atoms with Crippen LogP contribution >= 0.6 is 11.8 Å². The lowest BCUT2D eigenvalue weighted by Gasteiger charge is -2.27. The number of H-pyrrole nitrogens is 2. The van der Waals surface area contributed by atoms with Crippen LogP contribution in [0.25, 0.3) is 10.9 Å². The molecule has 3 aromatic rings. The van der Waals surface area contributed by atoms with Crippen molar-refractivity contribution in [3.63, 3.8) is 0 Å². The Kier molecular flexibility index (Phi) is 37.5. The number of thioether (sulfide) groups is 1. The number of rotatable bonds is 51. The largest absolute Gasteiger partial charge is 0.480 e. The molecule has 37 nitrogen and oxygen atoms in total. The normalized spacial score (nSPS) is 13.7. The molecule has 0 fully saturated rings. The molecule has 560 valence electrons. The van der Waals surface area contributed by atoms with E-state index < -0.39 is 189 Å². The van der Waals surface area contributed by atoms with Gasteiger partial charge in [-0.1, -0.05) is 45.9 Å². The first kappa shape index (κ1) is 85.4. The molecule has 0 spiro atoms. The molecule has 101 heavy (non-hydrogen) atoms. The first-order valence-electron chi connectivity index (χ1n) is 32.7. The molecule has 0 aliphatic heterocycles. The van der Waals surface area contributed by atoms with Crippen molar-refractivity contribution < 1.29 is 92.3 Å². The van der Waals surface area contributed by atoms with Gasteiger partial charge in [-0.25, -0.2) is 4.98 Å². The molecular formula is C63H98N18O19S. The molecule has 0 radical (unpaired) electrons. The highest BCUT2D eigenvalue weighted by atomic mass is 32.2. The molecule has 38 heteroatoms. The molecule has 1 aromatic carbocycles. The van der Waals surface area contributed by atoms with E-state index in [4.69, 9.17) is 27.4 Å². The summed E-state index contributed by atoms with van der Waals surface area (Å²) in [5.74, 6) is -14.2. The molecule has 0 saturated heterocycles.